The first-order valence-electron chi connectivity index (χ1n) is 7.73. The molecule has 11 heteroatoms. The van der Waals surface area contributed by atoms with E-state index in [0.29, 0.717) is 12.4 Å². The number of alkyl halides is 3. The maximum absolute atomic E-state index is 12.4. The van der Waals surface area contributed by atoms with Gasteiger partial charge in [0.15, 0.2) is 0 Å². The summed E-state index contributed by atoms with van der Waals surface area (Å²) in [6.07, 6.45) is -3.22. The molecule has 3 rings (SSSR count). The number of furan rings is 1. The summed E-state index contributed by atoms with van der Waals surface area (Å²) >= 11 is 0. The highest BCUT2D eigenvalue weighted by molar-refractivity contribution is 5.84. The lowest BCUT2D eigenvalue weighted by Crippen LogP contribution is -2.31. The van der Waals surface area contributed by atoms with E-state index in [1.54, 1.807) is 21.9 Å². The second kappa shape index (κ2) is 6.73. The van der Waals surface area contributed by atoms with Crippen LogP contribution < -0.4 is 4.90 Å². The highest BCUT2D eigenvalue weighted by Gasteiger charge is 2.35. The van der Waals surface area contributed by atoms with Crippen LogP contribution >= 0.6 is 0 Å². The Labute approximate surface area is 141 Å². The van der Waals surface area contributed by atoms with Gasteiger partial charge in [-0.15, -0.1) is 0 Å². The molecule has 0 radical (unpaired) electrons. The monoisotopic (exact) mass is 358 g/mol. The smallest absolute Gasteiger partial charge is 0.390 e. The maximum Gasteiger partial charge on any atom is 0.390 e. The summed E-state index contributed by atoms with van der Waals surface area (Å²) in [5.41, 5.74) is 0. The SMILES string of the molecule is CC(Cc1ccco1)n1nnnc1N1CC(=O)N(CCC(F)(F)F)C1. The summed E-state index contributed by atoms with van der Waals surface area (Å²) in [6, 6.07) is 3.47. The van der Waals surface area contributed by atoms with Crippen molar-refractivity contribution in [3.8, 4) is 0 Å². The van der Waals surface area contributed by atoms with Gasteiger partial charge in [-0.3, -0.25) is 4.79 Å². The molecule has 1 unspecified atom stereocenters. The van der Waals surface area contributed by atoms with Gasteiger partial charge in [-0.2, -0.15) is 13.2 Å². The Hall–Kier alpha value is -2.59. The molecule has 25 heavy (non-hydrogen) atoms. The van der Waals surface area contributed by atoms with Crippen LogP contribution in [-0.4, -0.2) is 56.9 Å². The van der Waals surface area contributed by atoms with Gasteiger partial charge in [0.1, 0.15) is 12.3 Å². The zero-order valence-electron chi connectivity index (χ0n) is 13.5. The standard InChI is InChI=1S/C14H17F3N6O2/c1-10(7-11-3-2-6-25-11)23-13(18-19-20-23)22-8-12(24)21(9-22)5-4-14(15,16)17/h2-3,6,10H,4-5,7-9H2,1H3. The van der Waals surface area contributed by atoms with Crippen molar-refractivity contribution in [1.29, 1.82) is 0 Å². The van der Waals surface area contributed by atoms with E-state index in [-0.39, 0.29) is 31.7 Å². The third-order valence-electron chi connectivity index (χ3n) is 3.94. The number of amides is 1. The third-order valence-corrected chi connectivity index (χ3v) is 3.94. The maximum atomic E-state index is 12.4. The number of tetrazole rings is 1. The van der Waals surface area contributed by atoms with Crippen molar-refractivity contribution in [2.24, 2.45) is 0 Å². The normalized spacial score (nSPS) is 16.7. The summed E-state index contributed by atoms with van der Waals surface area (Å²) in [5.74, 6) is 0.734. The highest BCUT2D eigenvalue weighted by atomic mass is 19.4. The molecular weight excluding hydrogens is 341 g/mol. The number of carbonyl (C=O) groups is 1. The Morgan fingerprint density at radius 3 is 2.88 bits per heavy atom. The van der Waals surface area contributed by atoms with Crippen molar-refractivity contribution in [3.63, 3.8) is 0 Å². The Bertz CT molecular complexity index is 714. The topological polar surface area (TPSA) is 80.3 Å². The Morgan fingerprint density at radius 1 is 1.40 bits per heavy atom. The summed E-state index contributed by atoms with van der Waals surface area (Å²) in [4.78, 5) is 14.7. The first-order valence-corrected chi connectivity index (χ1v) is 7.73. The van der Waals surface area contributed by atoms with Crippen molar-refractivity contribution >= 4 is 11.9 Å². The van der Waals surface area contributed by atoms with Gasteiger partial charge < -0.3 is 14.2 Å². The van der Waals surface area contributed by atoms with Crippen LogP contribution in [-0.2, 0) is 11.2 Å². The molecule has 3 heterocycles. The highest BCUT2D eigenvalue weighted by Crippen LogP contribution is 2.24. The van der Waals surface area contributed by atoms with Crippen LogP contribution in [0.2, 0.25) is 0 Å². The zero-order valence-corrected chi connectivity index (χ0v) is 13.5. The number of nitrogens with zero attached hydrogens (tertiary/aromatic N) is 6. The Morgan fingerprint density at radius 2 is 2.20 bits per heavy atom. The molecular formula is C14H17F3N6O2. The predicted octanol–water partition coefficient (Wildman–Crippen LogP) is 1.63. The number of anilines is 1. The quantitative estimate of drug-likeness (QED) is 0.781. The van der Waals surface area contributed by atoms with Crippen LogP contribution in [0.1, 0.15) is 25.1 Å². The summed E-state index contributed by atoms with van der Waals surface area (Å²) in [7, 11) is 0. The second-order valence-corrected chi connectivity index (χ2v) is 5.92. The van der Waals surface area contributed by atoms with Gasteiger partial charge in [-0.25, -0.2) is 4.68 Å². The Kier molecular flexibility index (Phi) is 4.64. The van der Waals surface area contributed by atoms with E-state index in [2.05, 4.69) is 15.5 Å². The molecule has 1 fully saturated rings. The number of hydrogen-bond donors (Lipinski definition) is 0. The predicted molar refractivity (Wildman–Crippen MR) is 79.5 cm³/mol. The molecule has 0 bridgehead atoms. The first-order chi connectivity index (χ1) is 11.8. The van der Waals surface area contributed by atoms with E-state index < -0.39 is 12.6 Å². The summed E-state index contributed by atoms with van der Waals surface area (Å²) in [5, 5.41) is 11.5. The van der Waals surface area contributed by atoms with Gasteiger partial charge in [-0.05, 0) is 29.5 Å². The van der Waals surface area contributed by atoms with Gasteiger partial charge in [0, 0.05) is 13.0 Å². The molecule has 0 N–H and O–H groups in total. The van der Waals surface area contributed by atoms with Gasteiger partial charge in [0.2, 0.25) is 11.9 Å². The van der Waals surface area contributed by atoms with E-state index >= 15 is 0 Å². The van der Waals surface area contributed by atoms with Crippen LogP contribution in [0, 0.1) is 0 Å². The molecule has 1 atom stereocenters. The fourth-order valence-corrected chi connectivity index (χ4v) is 2.68. The molecule has 1 aliphatic rings. The molecule has 0 aliphatic carbocycles. The number of halogens is 3. The zero-order chi connectivity index (χ0) is 18.0. The number of rotatable bonds is 6. The van der Waals surface area contributed by atoms with Crippen LogP contribution in [0.15, 0.2) is 22.8 Å². The fourth-order valence-electron chi connectivity index (χ4n) is 2.68. The third kappa shape index (κ3) is 4.09. The minimum absolute atomic E-state index is 0.0305. The molecule has 8 nitrogen and oxygen atoms in total. The molecule has 1 saturated heterocycles. The summed E-state index contributed by atoms with van der Waals surface area (Å²) < 4.78 is 43.9. The minimum Gasteiger partial charge on any atom is -0.469 e. The number of hydrogen-bond acceptors (Lipinski definition) is 6. The van der Waals surface area contributed by atoms with Crippen molar-refractivity contribution in [2.45, 2.75) is 32.0 Å². The lowest BCUT2D eigenvalue weighted by molar-refractivity contribution is -0.142. The van der Waals surface area contributed by atoms with E-state index in [1.165, 1.54) is 0 Å². The van der Waals surface area contributed by atoms with Gasteiger partial charge in [0.05, 0.1) is 25.4 Å². The lowest BCUT2D eigenvalue weighted by atomic mass is 10.2. The molecule has 1 amide bonds. The molecule has 2 aromatic rings. The first kappa shape index (κ1) is 17.2. The van der Waals surface area contributed by atoms with Gasteiger partial charge in [-0.1, -0.05) is 5.10 Å². The van der Waals surface area contributed by atoms with Crippen molar-refractivity contribution in [2.75, 3.05) is 24.7 Å². The van der Waals surface area contributed by atoms with Gasteiger partial charge in [0.25, 0.3) is 0 Å². The molecule has 0 aromatic carbocycles. The van der Waals surface area contributed by atoms with Crippen LogP contribution in [0.3, 0.4) is 0 Å². The molecule has 1 aliphatic heterocycles. The average molecular weight is 358 g/mol. The molecule has 0 spiro atoms. The van der Waals surface area contributed by atoms with Crippen molar-refractivity contribution in [1.82, 2.24) is 25.1 Å². The summed E-state index contributed by atoms with van der Waals surface area (Å²) in [6.45, 7) is 1.50. The Balaban J connectivity index is 1.67. The molecule has 136 valence electrons. The number of carbonyl (C=O) groups excluding carboxylic acids is 1. The second-order valence-electron chi connectivity index (χ2n) is 5.92. The van der Waals surface area contributed by atoms with E-state index in [0.717, 1.165) is 10.7 Å². The van der Waals surface area contributed by atoms with E-state index in [1.807, 2.05) is 13.0 Å². The largest absolute Gasteiger partial charge is 0.469 e. The van der Waals surface area contributed by atoms with Crippen LogP contribution in [0.4, 0.5) is 19.1 Å². The van der Waals surface area contributed by atoms with E-state index in [9.17, 15) is 18.0 Å². The van der Waals surface area contributed by atoms with Crippen molar-refractivity contribution in [3.05, 3.63) is 24.2 Å². The van der Waals surface area contributed by atoms with Crippen LogP contribution in [0.25, 0.3) is 0 Å². The van der Waals surface area contributed by atoms with Crippen LogP contribution in [0.5, 0.6) is 0 Å². The van der Waals surface area contributed by atoms with E-state index in [4.69, 9.17) is 4.42 Å². The van der Waals surface area contributed by atoms with Crippen molar-refractivity contribution < 1.29 is 22.4 Å². The fraction of sp³-hybridized carbons (Fsp3) is 0.571. The van der Waals surface area contributed by atoms with Gasteiger partial charge >= 0.3 is 6.18 Å². The number of aromatic nitrogens is 4. The molecule has 2 aromatic heterocycles. The minimum atomic E-state index is -4.30. The molecule has 0 saturated carbocycles. The average Bonchev–Trinajstić information content (AvgIpc) is 3.24. The lowest BCUT2D eigenvalue weighted by Gasteiger charge is -2.20.